The van der Waals surface area contributed by atoms with Crippen molar-refractivity contribution < 1.29 is 0 Å². The Kier molecular flexibility index (Phi) is 3.05. The molecule has 0 radical (unpaired) electrons. The second-order valence-electron chi connectivity index (χ2n) is 4.50. The van der Waals surface area contributed by atoms with Gasteiger partial charge in [0.05, 0.1) is 0 Å². The number of hydrogen-bond acceptors (Lipinski definition) is 1. The van der Waals surface area contributed by atoms with Gasteiger partial charge in [0, 0.05) is 12.6 Å². The second-order valence-corrected chi connectivity index (χ2v) is 4.50. The number of likely N-dealkylation sites (tertiary alicyclic amines) is 1. The van der Waals surface area contributed by atoms with Crippen LogP contribution in [0.5, 0.6) is 0 Å². The van der Waals surface area contributed by atoms with Crippen LogP contribution in [0.4, 0.5) is 0 Å². The van der Waals surface area contributed by atoms with E-state index in [1.165, 1.54) is 45.2 Å². The minimum atomic E-state index is 0.812. The van der Waals surface area contributed by atoms with Crippen molar-refractivity contribution in [3.8, 4) is 0 Å². The fourth-order valence-electron chi connectivity index (χ4n) is 2.59. The predicted octanol–water partition coefficient (Wildman–Crippen LogP) is 2.83. The Morgan fingerprint density at radius 2 is 2.15 bits per heavy atom. The Morgan fingerprint density at radius 1 is 1.23 bits per heavy atom. The number of rotatable bonds is 5. The highest BCUT2D eigenvalue weighted by Crippen LogP contribution is 2.31. The van der Waals surface area contributed by atoms with Gasteiger partial charge in [-0.3, -0.25) is 4.90 Å². The molecule has 74 valence electrons. The van der Waals surface area contributed by atoms with Crippen LogP contribution in [0.3, 0.4) is 0 Å². The van der Waals surface area contributed by atoms with Crippen LogP contribution in [0.25, 0.3) is 0 Å². The maximum Gasteiger partial charge on any atom is 0.0284 e. The second kappa shape index (κ2) is 4.28. The molecule has 0 amide bonds. The molecular weight excluding hydrogens is 158 g/mol. The van der Waals surface area contributed by atoms with Crippen molar-refractivity contribution in [3.63, 3.8) is 0 Å². The molecule has 1 fully saturated rings. The summed E-state index contributed by atoms with van der Waals surface area (Å²) >= 11 is 0. The molecule has 0 saturated carbocycles. The highest BCUT2D eigenvalue weighted by atomic mass is 15.2. The third-order valence-corrected chi connectivity index (χ3v) is 3.39. The molecule has 1 aliphatic carbocycles. The zero-order chi connectivity index (χ0) is 9.10. The van der Waals surface area contributed by atoms with Crippen molar-refractivity contribution >= 4 is 0 Å². The van der Waals surface area contributed by atoms with Crippen LogP contribution in [-0.2, 0) is 0 Å². The number of fused-ring (bicyclic) bond motifs is 2. The molecule has 1 heteroatoms. The van der Waals surface area contributed by atoms with Crippen LogP contribution in [0.2, 0.25) is 0 Å². The lowest BCUT2D eigenvalue weighted by molar-refractivity contribution is 0.272. The van der Waals surface area contributed by atoms with Gasteiger partial charge in [-0.25, -0.2) is 0 Å². The fraction of sp³-hybridized carbons (Fsp3) is 0.833. The van der Waals surface area contributed by atoms with Gasteiger partial charge in [0.1, 0.15) is 0 Å². The van der Waals surface area contributed by atoms with Crippen LogP contribution in [0, 0.1) is 5.92 Å². The molecule has 13 heavy (non-hydrogen) atoms. The first-order chi connectivity index (χ1) is 6.40. The summed E-state index contributed by atoms with van der Waals surface area (Å²) in [5.41, 5.74) is 0. The molecule has 0 aromatic heterocycles. The standard InChI is InChI=1S/C12H21N/c1-2-3-4-5-8-13-10-11-6-7-12(13)9-11/h6-7,11-12H,2-5,8-10H2,1H3. The zero-order valence-electron chi connectivity index (χ0n) is 8.71. The van der Waals surface area contributed by atoms with Crippen LogP contribution in [-0.4, -0.2) is 24.0 Å². The summed E-state index contributed by atoms with van der Waals surface area (Å²) in [5.74, 6) is 0.899. The quantitative estimate of drug-likeness (QED) is 0.463. The van der Waals surface area contributed by atoms with Crippen LogP contribution in [0.15, 0.2) is 12.2 Å². The molecule has 1 aliphatic heterocycles. The van der Waals surface area contributed by atoms with Crippen molar-refractivity contribution in [2.75, 3.05) is 13.1 Å². The largest absolute Gasteiger partial charge is 0.296 e. The summed E-state index contributed by atoms with van der Waals surface area (Å²) in [6, 6.07) is 0.812. The lowest BCUT2D eigenvalue weighted by Crippen LogP contribution is -2.30. The highest BCUT2D eigenvalue weighted by Gasteiger charge is 2.32. The van der Waals surface area contributed by atoms with Crippen molar-refractivity contribution in [1.29, 1.82) is 0 Å². The normalized spacial score (nSPS) is 31.8. The van der Waals surface area contributed by atoms with Gasteiger partial charge in [-0.05, 0) is 25.3 Å². The van der Waals surface area contributed by atoms with Gasteiger partial charge in [0.15, 0.2) is 0 Å². The van der Waals surface area contributed by atoms with Crippen molar-refractivity contribution in [2.24, 2.45) is 5.92 Å². The van der Waals surface area contributed by atoms with Gasteiger partial charge >= 0.3 is 0 Å². The highest BCUT2D eigenvalue weighted by molar-refractivity contribution is 5.12. The Balaban J connectivity index is 1.64. The van der Waals surface area contributed by atoms with Gasteiger partial charge in [0.25, 0.3) is 0 Å². The SMILES string of the molecule is CCCCCCN1CC2C=CC1C2. The first-order valence-electron chi connectivity index (χ1n) is 5.82. The van der Waals surface area contributed by atoms with Crippen LogP contribution >= 0.6 is 0 Å². The fourth-order valence-corrected chi connectivity index (χ4v) is 2.59. The van der Waals surface area contributed by atoms with Crippen molar-refractivity contribution in [1.82, 2.24) is 4.90 Å². The third-order valence-electron chi connectivity index (χ3n) is 3.39. The van der Waals surface area contributed by atoms with Crippen LogP contribution in [0.1, 0.15) is 39.0 Å². The van der Waals surface area contributed by atoms with E-state index in [1.807, 2.05) is 0 Å². The average molecular weight is 179 g/mol. The van der Waals surface area contributed by atoms with E-state index in [9.17, 15) is 0 Å². The number of hydrogen-bond donors (Lipinski definition) is 0. The first kappa shape index (κ1) is 9.26. The van der Waals surface area contributed by atoms with Gasteiger partial charge in [-0.15, -0.1) is 0 Å². The Hall–Kier alpha value is -0.300. The summed E-state index contributed by atoms with van der Waals surface area (Å²) in [7, 11) is 0. The maximum absolute atomic E-state index is 2.67. The first-order valence-corrected chi connectivity index (χ1v) is 5.82. The molecular formula is C12H21N. The number of unbranched alkanes of at least 4 members (excludes halogenated alkanes) is 3. The maximum atomic E-state index is 2.67. The molecule has 1 nitrogen and oxygen atoms in total. The number of nitrogens with zero attached hydrogens (tertiary/aromatic N) is 1. The summed E-state index contributed by atoms with van der Waals surface area (Å²) in [6.07, 6.45) is 11.8. The predicted molar refractivity (Wildman–Crippen MR) is 56.8 cm³/mol. The zero-order valence-corrected chi connectivity index (χ0v) is 8.71. The van der Waals surface area contributed by atoms with E-state index < -0.39 is 0 Å². The molecule has 0 N–H and O–H groups in total. The Bertz CT molecular complexity index is 186. The minimum absolute atomic E-state index is 0.812. The molecule has 2 unspecified atom stereocenters. The van der Waals surface area contributed by atoms with Gasteiger partial charge < -0.3 is 0 Å². The van der Waals surface area contributed by atoms with E-state index in [0.717, 1.165) is 12.0 Å². The van der Waals surface area contributed by atoms with E-state index >= 15 is 0 Å². The monoisotopic (exact) mass is 179 g/mol. The van der Waals surface area contributed by atoms with E-state index in [4.69, 9.17) is 0 Å². The minimum Gasteiger partial charge on any atom is -0.296 e. The summed E-state index contributed by atoms with van der Waals surface area (Å²) < 4.78 is 0. The molecule has 1 heterocycles. The van der Waals surface area contributed by atoms with Gasteiger partial charge in [-0.2, -0.15) is 0 Å². The van der Waals surface area contributed by atoms with Crippen molar-refractivity contribution in [3.05, 3.63) is 12.2 Å². The van der Waals surface area contributed by atoms with Gasteiger partial charge in [0.2, 0.25) is 0 Å². The summed E-state index contributed by atoms with van der Waals surface area (Å²) in [4.78, 5) is 2.67. The molecule has 0 aromatic rings. The van der Waals surface area contributed by atoms with E-state index in [-0.39, 0.29) is 0 Å². The van der Waals surface area contributed by atoms with E-state index in [0.29, 0.717) is 0 Å². The van der Waals surface area contributed by atoms with Crippen LogP contribution < -0.4 is 0 Å². The summed E-state index contributed by atoms with van der Waals surface area (Å²) in [5, 5.41) is 0. The van der Waals surface area contributed by atoms with E-state index in [1.54, 1.807) is 0 Å². The Morgan fingerprint density at radius 3 is 2.77 bits per heavy atom. The molecule has 0 spiro atoms. The molecule has 2 rings (SSSR count). The van der Waals surface area contributed by atoms with Gasteiger partial charge in [-0.1, -0.05) is 38.3 Å². The average Bonchev–Trinajstić information content (AvgIpc) is 2.73. The Labute approximate surface area is 81.8 Å². The van der Waals surface area contributed by atoms with Crippen molar-refractivity contribution in [2.45, 2.75) is 45.1 Å². The smallest absolute Gasteiger partial charge is 0.0284 e. The summed E-state index contributed by atoms with van der Waals surface area (Å²) in [6.45, 7) is 4.96. The molecule has 2 atom stereocenters. The molecule has 1 saturated heterocycles. The van der Waals surface area contributed by atoms with E-state index in [2.05, 4.69) is 24.0 Å². The lowest BCUT2D eigenvalue weighted by atomic mass is 10.1. The molecule has 0 aromatic carbocycles. The molecule has 2 bridgehead atoms. The molecule has 2 aliphatic rings. The topological polar surface area (TPSA) is 3.24 Å². The third kappa shape index (κ3) is 2.14. The lowest BCUT2D eigenvalue weighted by Gasteiger charge is -2.23.